The van der Waals surface area contributed by atoms with Crippen LogP contribution in [0.2, 0.25) is 0 Å². The summed E-state index contributed by atoms with van der Waals surface area (Å²) in [4.78, 5) is 0. The fourth-order valence-corrected chi connectivity index (χ4v) is 7.05. The molecular formula is C40H27BN2. The van der Waals surface area contributed by atoms with E-state index in [2.05, 4.69) is 169 Å². The van der Waals surface area contributed by atoms with Gasteiger partial charge in [0.1, 0.15) is 7.85 Å². The number of hydrogen-bond acceptors (Lipinski definition) is 0. The van der Waals surface area contributed by atoms with Gasteiger partial charge in [-0.05, 0) is 71.1 Å². The highest BCUT2D eigenvalue weighted by atomic mass is 15.0. The van der Waals surface area contributed by atoms with E-state index in [0.717, 1.165) is 0 Å². The Balaban J connectivity index is 1.28. The minimum absolute atomic E-state index is 1.18. The molecule has 2 nitrogen and oxygen atoms in total. The van der Waals surface area contributed by atoms with Crippen LogP contribution < -0.4 is 5.46 Å². The van der Waals surface area contributed by atoms with Gasteiger partial charge in [0.05, 0.1) is 27.8 Å². The van der Waals surface area contributed by atoms with Gasteiger partial charge in [-0.15, -0.1) is 0 Å². The molecule has 0 aliphatic carbocycles. The molecule has 43 heavy (non-hydrogen) atoms. The highest BCUT2D eigenvalue weighted by Gasteiger charge is 2.17. The Labute approximate surface area is 250 Å². The van der Waals surface area contributed by atoms with E-state index < -0.39 is 0 Å². The van der Waals surface area contributed by atoms with Crippen molar-refractivity contribution in [2.24, 2.45) is 0 Å². The highest BCUT2D eigenvalue weighted by molar-refractivity contribution is 6.39. The van der Waals surface area contributed by atoms with Crippen molar-refractivity contribution in [2.45, 2.75) is 0 Å². The van der Waals surface area contributed by atoms with Gasteiger partial charge in [-0.25, -0.2) is 0 Å². The van der Waals surface area contributed by atoms with Crippen LogP contribution in [0.5, 0.6) is 0 Å². The van der Waals surface area contributed by atoms with Gasteiger partial charge in [0, 0.05) is 32.6 Å². The van der Waals surface area contributed by atoms with Crippen molar-refractivity contribution in [1.29, 1.82) is 0 Å². The zero-order chi connectivity index (χ0) is 28.5. The SMILES string of the molecule is Bc1ccc(-n2c3ccccc3c3cc(-c4ccc5c(c4)c4ccccc4n5-c4ccccc4)ccc32)c2ccccc12. The van der Waals surface area contributed by atoms with E-state index in [0.29, 0.717) is 0 Å². The lowest BCUT2D eigenvalue weighted by atomic mass is 9.89. The molecule has 2 aromatic heterocycles. The minimum Gasteiger partial charge on any atom is -0.309 e. The van der Waals surface area contributed by atoms with Crippen LogP contribution in [0, 0.1) is 0 Å². The van der Waals surface area contributed by atoms with Crippen molar-refractivity contribution in [1.82, 2.24) is 9.13 Å². The van der Waals surface area contributed by atoms with E-state index in [-0.39, 0.29) is 0 Å². The third kappa shape index (κ3) is 3.55. The van der Waals surface area contributed by atoms with Crippen LogP contribution in [0.3, 0.4) is 0 Å². The molecule has 0 spiro atoms. The predicted molar refractivity (Wildman–Crippen MR) is 186 cm³/mol. The topological polar surface area (TPSA) is 9.86 Å². The molecule has 2 heterocycles. The fourth-order valence-electron chi connectivity index (χ4n) is 7.05. The van der Waals surface area contributed by atoms with Crippen LogP contribution in [0.4, 0.5) is 0 Å². The second-order valence-electron chi connectivity index (χ2n) is 11.5. The lowest BCUT2D eigenvalue weighted by molar-refractivity contribution is 1.18. The Hall–Kier alpha value is -5.54. The van der Waals surface area contributed by atoms with Gasteiger partial charge in [0.25, 0.3) is 0 Å². The molecule has 0 aliphatic heterocycles. The summed E-state index contributed by atoms with van der Waals surface area (Å²) in [6.07, 6.45) is 0. The number of rotatable bonds is 3. The number of aromatic nitrogens is 2. The first-order valence-corrected chi connectivity index (χ1v) is 14.9. The quantitative estimate of drug-likeness (QED) is 0.196. The van der Waals surface area contributed by atoms with E-state index in [9.17, 15) is 0 Å². The van der Waals surface area contributed by atoms with Crippen molar-refractivity contribution in [3.8, 4) is 22.5 Å². The molecule has 9 aromatic rings. The molecule has 0 amide bonds. The van der Waals surface area contributed by atoms with Crippen LogP contribution >= 0.6 is 0 Å². The summed E-state index contributed by atoms with van der Waals surface area (Å²) in [7, 11) is 2.19. The molecule has 0 bridgehead atoms. The zero-order valence-corrected chi connectivity index (χ0v) is 23.8. The van der Waals surface area contributed by atoms with Crippen LogP contribution in [-0.2, 0) is 0 Å². The molecule has 7 aromatic carbocycles. The van der Waals surface area contributed by atoms with Crippen molar-refractivity contribution < 1.29 is 0 Å². The number of nitrogens with zero attached hydrogens (tertiary/aromatic N) is 2. The molecule has 0 saturated heterocycles. The van der Waals surface area contributed by atoms with Crippen LogP contribution in [0.1, 0.15) is 0 Å². The van der Waals surface area contributed by atoms with Crippen LogP contribution in [-0.4, -0.2) is 17.0 Å². The first-order chi connectivity index (χ1) is 21.3. The maximum atomic E-state index is 2.44. The average molecular weight is 546 g/mol. The summed E-state index contributed by atoms with van der Waals surface area (Å²) in [6, 6.07) is 55.3. The first kappa shape index (κ1) is 24.1. The third-order valence-electron chi connectivity index (χ3n) is 9.05. The van der Waals surface area contributed by atoms with Gasteiger partial charge >= 0.3 is 0 Å². The first-order valence-electron chi connectivity index (χ1n) is 14.9. The van der Waals surface area contributed by atoms with Crippen molar-refractivity contribution >= 4 is 67.7 Å². The lowest BCUT2D eigenvalue weighted by Gasteiger charge is -2.13. The summed E-state index contributed by atoms with van der Waals surface area (Å²) < 4.78 is 4.81. The predicted octanol–water partition coefficient (Wildman–Crippen LogP) is 8.96. The highest BCUT2D eigenvalue weighted by Crippen LogP contribution is 2.39. The number of para-hydroxylation sites is 3. The maximum Gasteiger partial charge on any atom is 0.140 e. The standard InChI is InChI=1S/C40H27BN2/c41-35-20-23-38(30-13-5-4-12-29(30)35)43-37-17-9-7-15-32(37)34-25-27(19-22-40(34)43)26-18-21-39-33(24-26)31-14-6-8-16-36(31)42(39)28-10-2-1-3-11-28/h1-25H,41H2. The van der Waals surface area contributed by atoms with Gasteiger partial charge < -0.3 is 9.13 Å². The van der Waals surface area contributed by atoms with Crippen molar-refractivity contribution in [3.63, 3.8) is 0 Å². The van der Waals surface area contributed by atoms with E-state index >= 15 is 0 Å². The van der Waals surface area contributed by atoms with E-state index in [1.54, 1.807) is 0 Å². The second-order valence-corrected chi connectivity index (χ2v) is 11.5. The second kappa shape index (κ2) is 9.24. The Bertz CT molecular complexity index is 2520. The summed E-state index contributed by atoms with van der Waals surface area (Å²) in [6.45, 7) is 0. The van der Waals surface area contributed by atoms with Crippen molar-refractivity contribution in [2.75, 3.05) is 0 Å². The average Bonchev–Trinajstić information content (AvgIpc) is 3.58. The molecular weight excluding hydrogens is 519 g/mol. The molecule has 0 aliphatic rings. The van der Waals surface area contributed by atoms with Crippen LogP contribution in [0.25, 0.3) is 76.9 Å². The zero-order valence-electron chi connectivity index (χ0n) is 23.8. The Morgan fingerprint density at radius 3 is 1.49 bits per heavy atom. The molecule has 0 radical (unpaired) electrons. The van der Waals surface area contributed by atoms with Gasteiger partial charge in [-0.1, -0.05) is 103 Å². The lowest BCUT2D eigenvalue weighted by Crippen LogP contribution is -2.06. The third-order valence-corrected chi connectivity index (χ3v) is 9.05. The van der Waals surface area contributed by atoms with Gasteiger partial charge in [0.15, 0.2) is 0 Å². The fraction of sp³-hybridized carbons (Fsp3) is 0. The summed E-state index contributed by atoms with van der Waals surface area (Å²) in [5.74, 6) is 0. The Morgan fingerprint density at radius 2 is 0.837 bits per heavy atom. The van der Waals surface area contributed by atoms with Gasteiger partial charge in [-0.3, -0.25) is 0 Å². The van der Waals surface area contributed by atoms with E-state index in [1.807, 2.05) is 0 Å². The van der Waals surface area contributed by atoms with Crippen LogP contribution in [0.15, 0.2) is 152 Å². The molecule has 0 fully saturated rings. The van der Waals surface area contributed by atoms with Gasteiger partial charge in [0.2, 0.25) is 0 Å². The minimum atomic E-state index is 1.18. The molecule has 0 N–H and O–H groups in total. The van der Waals surface area contributed by atoms with E-state index in [1.165, 1.54) is 82.3 Å². The maximum absolute atomic E-state index is 2.44. The monoisotopic (exact) mass is 546 g/mol. The molecule has 0 atom stereocenters. The summed E-state index contributed by atoms with van der Waals surface area (Å²) >= 11 is 0. The number of fused-ring (bicyclic) bond motifs is 7. The molecule has 0 unspecified atom stereocenters. The summed E-state index contributed by atoms with van der Waals surface area (Å²) in [5.41, 5.74) is 11.0. The largest absolute Gasteiger partial charge is 0.309 e. The van der Waals surface area contributed by atoms with Gasteiger partial charge in [-0.2, -0.15) is 0 Å². The Morgan fingerprint density at radius 1 is 0.349 bits per heavy atom. The molecule has 200 valence electrons. The summed E-state index contributed by atoms with van der Waals surface area (Å²) in [5, 5.41) is 7.65. The normalized spacial score (nSPS) is 11.8. The molecule has 0 saturated carbocycles. The molecule has 3 heteroatoms. The molecule has 9 rings (SSSR count). The number of benzene rings is 7. The van der Waals surface area contributed by atoms with E-state index in [4.69, 9.17) is 0 Å². The van der Waals surface area contributed by atoms with Crippen molar-refractivity contribution in [3.05, 3.63) is 152 Å². The number of hydrogen-bond donors (Lipinski definition) is 0. The smallest absolute Gasteiger partial charge is 0.140 e. The Kier molecular flexibility index (Phi) is 5.18.